The Labute approximate surface area is 189 Å². The average Bonchev–Trinajstić information content (AvgIpc) is 3.42. The van der Waals surface area contributed by atoms with Gasteiger partial charge in [-0.15, -0.1) is 0 Å². The number of aliphatic hydroxyl groups is 1. The summed E-state index contributed by atoms with van der Waals surface area (Å²) in [6.45, 7) is 0.128. The minimum atomic E-state index is -0.921. The van der Waals surface area contributed by atoms with Crippen LogP contribution in [0.2, 0.25) is 5.02 Å². The molecular formula is C24H20ClNO6. The lowest BCUT2D eigenvalue weighted by Gasteiger charge is -2.23. The zero-order valence-electron chi connectivity index (χ0n) is 17.4. The first-order valence-corrected chi connectivity index (χ1v) is 10.1. The molecule has 1 amide bonds. The van der Waals surface area contributed by atoms with Gasteiger partial charge in [-0.25, -0.2) is 0 Å². The highest BCUT2D eigenvalue weighted by molar-refractivity contribution is 6.46. The number of likely N-dealkylation sites (tertiary alicyclic amines) is 1. The Hall–Kier alpha value is -3.71. The van der Waals surface area contributed by atoms with Gasteiger partial charge in [-0.3, -0.25) is 9.59 Å². The monoisotopic (exact) mass is 453 g/mol. The van der Waals surface area contributed by atoms with Gasteiger partial charge in [0.15, 0.2) is 0 Å². The first-order chi connectivity index (χ1) is 15.4. The molecule has 0 aliphatic carbocycles. The molecule has 0 saturated carbocycles. The number of ketones is 1. The van der Waals surface area contributed by atoms with E-state index in [0.717, 1.165) is 5.56 Å². The molecule has 1 aliphatic heterocycles. The number of furan rings is 1. The van der Waals surface area contributed by atoms with Crippen LogP contribution in [0.25, 0.3) is 5.76 Å². The number of methoxy groups -OCH3 is 2. The summed E-state index contributed by atoms with van der Waals surface area (Å²) in [5.41, 5.74) is 0.891. The fourth-order valence-electron chi connectivity index (χ4n) is 3.72. The molecule has 1 saturated heterocycles. The SMILES string of the molecule is COc1ccc(CN2C(=O)C(=O)/C(=C(\O)c3cc(Cl)ccc3OC)C2c2ccco2)cc1. The summed E-state index contributed by atoms with van der Waals surface area (Å²) in [5, 5.41) is 11.5. The Morgan fingerprint density at radius 3 is 2.47 bits per heavy atom. The summed E-state index contributed by atoms with van der Waals surface area (Å²) >= 11 is 6.11. The number of halogens is 1. The molecule has 32 heavy (non-hydrogen) atoms. The third-order valence-electron chi connectivity index (χ3n) is 5.28. The maximum Gasteiger partial charge on any atom is 0.296 e. The van der Waals surface area contributed by atoms with Gasteiger partial charge in [-0.2, -0.15) is 0 Å². The topological polar surface area (TPSA) is 89.2 Å². The van der Waals surface area contributed by atoms with Crippen LogP contribution in [0, 0.1) is 0 Å². The van der Waals surface area contributed by atoms with Crippen molar-refractivity contribution in [2.45, 2.75) is 12.6 Å². The molecule has 1 unspecified atom stereocenters. The maximum atomic E-state index is 13.1. The molecule has 8 heteroatoms. The van der Waals surface area contributed by atoms with Gasteiger partial charge in [0, 0.05) is 11.6 Å². The van der Waals surface area contributed by atoms with Crippen LogP contribution in [0.5, 0.6) is 11.5 Å². The number of ether oxygens (including phenoxy) is 2. The summed E-state index contributed by atoms with van der Waals surface area (Å²) in [5.74, 6) is -0.622. The van der Waals surface area contributed by atoms with Gasteiger partial charge in [-0.1, -0.05) is 23.7 Å². The van der Waals surface area contributed by atoms with Gasteiger partial charge in [0.25, 0.3) is 11.7 Å². The van der Waals surface area contributed by atoms with Crippen LogP contribution < -0.4 is 9.47 Å². The molecule has 2 heterocycles. The number of carbonyl (C=O) groups is 2. The number of amides is 1. The number of hydrogen-bond donors (Lipinski definition) is 1. The number of hydrogen-bond acceptors (Lipinski definition) is 6. The minimum absolute atomic E-state index is 0.0981. The highest BCUT2D eigenvalue weighted by atomic mass is 35.5. The second-order valence-electron chi connectivity index (χ2n) is 7.14. The minimum Gasteiger partial charge on any atom is -0.507 e. The van der Waals surface area contributed by atoms with Crippen molar-refractivity contribution in [1.29, 1.82) is 0 Å². The molecule has 1 aliphatic rings. The van der Waals surface area contributed by atoms with Crippen LogP contribution in [-0.2, 0) is 16.1 Å². The van der Waals surface area contributed by atoms with E-state index >= 15 is 0 Å². The standard InChI is InChI=1S/C24H20ClNO6/c1-30-16-8-5-14(6-9-16)13-26-21(19-4-3-11-32-19)20(23(28)24(26)29)22(27)17-12-15(25)7-10-18(17)31-2/h3-12,21,27H,13H2,1-2H3/b22-20-. The van der Waals surface area contributed by atoms with Crippen molar-refractivity contribution in [2.24, 2.45) is 0 Å². The lowest BCUT2D eigenvalue weighted by molar-refractivity contribution is -0.140. The van der Waals surface area contributed by atoms with Crippen molar-refractivity contribution in [3.05, 3.63) is 88.3 Å². The molecule has 7 nitrogen and oxygen atoms in total. The zero-order valence-corrected chi connectivity index (χ0v) is 18.1. The van der Waals surface area contributed by atoms with Crippen LogP contribution in [0.4, 0.5) is 0 Å². The van der Waals surface area contributed by atoms with E-state index in [4.69, 9.17) is 25.5 Å². The summed E-state index contributed by atoms with van der Waals surface area (Å²) < 4.78 is 16.0. The van der Waals surface area contributed by atoms with Crippen molar-refractivity contribution in [2.75, 3.05) is 14.2 Å². The largest absolute Gasteiger partial charge is 0.507 e. The average molecular weight is 454 g/mol. The molecule has 1 N–H and O–H groups in total. The van der Waals surface area contributed by atoms with Crippen LogP contribution in [0.3, 0.4) is 0 Å². The molecule has 1 fully saturated rings. The Morgan fingerprint density at radius 1 is 1.09 bits per heavy atom. The van der Waals surface area contributed by atoms with Crippen LogP contribution in [0.1, 0.15) is 22.9 Å². The quantitative estimate of drug-likeness (QED) is 0.334. The van der Waals surface area contributed by atoms with E-state index in [2.05, 4.69) is 0 Å². The van der Waals surface area contributed by atoms with E-state index in [9.17, 15) is 14.7 Å². The summed E-state index contributed by atoms with van der Waals surface area (Å²) in [6, 6.07) is 14.2. The lowest BCUT2D eigenvalue weighted by Crippen LogP contribution is -2.29. The van der Waals surface area contributed by atoms with E-state index < -0.39 is 17.7 Å². The molecular weight excluding hydrogens is 434 g/mol. The summed E-state index contributed by atoms with van der Waals surface area (Å²) in [4.78, 5) is 27.4. The number of benzene rings is 2. The Morgan fingerprint density at radius 2 is 1.84 bits per heavy atom. The molecule has 2 aromatic carbocycles. The first-order valence-electron chi connectivity index (χ1n) is 9.73. The zero-order chi connectivity index (χ0) is 22.8. The molecule has 1 aromatic heterocycles. The third-order valence-corrected chi connectivity index (χ3v) is 5.52. The maximum absolute atomic E-state index is 13.1. The van der Waals surface area contributed by atoms with Gasteiger partial charge >= 0.3 is 0 Å². The fourth-order valence-corrected chi connectivity index (χ4v) is 3.90. The number of nitrogens with zero attached hydrogens (tertiary/aromatic N) is 1. The van der Waals surface area contributed by atoms with Crippen molar-refractivity contribution in [3.63, 3.8) is 0 Å². The normalized spacial score (nSPS) is 17.6. The van der Waals surface area contributed by atoms with E-state index in [0.29, 0.717) is 22.3 Å². The first kappa shape index (κ1) is 21.5. The second-order valence-corrected chi connectivity index (χ2v) is 7.57. The van der Waals surface area contributed by atoms with Gasteiger partial charge in [0.2, 0.25) is 0 Å². The van der Waals surface area contributed by atoms with Gasteiger partial charge in [0.05, 0.1) is 31.6 Å². The Bertz CT molecular complexity index is 1180. The van der Waals surface area contributed by atoms with Crippen LogP contribution in [-0.4, -0.2) is 35.9 Å². The Kier molecular flexibility index (Phi) is 5.92. The summed E-state index contributed by atoms with van der Waals surface area (Å²) in [7, 11) is 3.00. The molecule has 0 radical (unpaired) electrons. The van der Waals surface area contributed by atoms with E-state index in [1.165, 1.54) is 24.3 Å². The number of aliphatic hydroxyl groups excluding tert-OH is 1. The molecule has 0 bridgehead atoms. The Balaban J connectivity index is 1.83. The van der Waals surface area contributed by atoms with E-state index in [-0.39, 0.29) is 23.4 Å². The second kappa shape index (κ2) is 8.80. The molecule has 1 atom stereocenters. The molecule has 164 valence electrons. The highest BCUT2D eigenvalue weighted by Gasteiger charge is 2.47. The number of Topliss-reactive ketones (excluding diaryl/α,β-unsaturated/α-hetero) is 1. The molecule has 0 spiro atoms. The van der Waals surface area contributed by atoms with Crippen molar-refractivity contribution >= 4 is 29.1 Å². The number of rotatable bonds is 6. The van der Waals surface area contributed by atoms with E-state index in [1.807, 2.05) is 0 Å². The van der Waals surface area contributed by atoms with Crippen molar-refractivity contribution < 1.29 is 28.6 Å². The lowest BCUT2D eigenvalue weighted by atomic mass is 9.98. The van der Waals surface area contributed by atoms with Crippen molar-refractivity contribution in [1.82, 2.24) is 4.90 Å². The molecule has 3 aromatic rings. The smallest absolute Gasteiger partial charge is 0.296 e. The summed E-state index contributed by atoms with van der Waals surface area (Å²) in [6.07, 6.45) is 1.45. The van der Waals surface area contributed by atoms with Crippen molar-refractivity contribution in [3.8, 4) is 11.5 Å². The molecule has 4 rings (SSSR count). The van der Waals surface area contributed by atoms with E-state index in [1.54, 1.807) is 55.6 Å². The van der Waals surface area contributed by atoms with Crippen LogP contribution in [0.15, 0.2) is 70.9 Å². The fraction of sp³-hybridized carbons (Fsp3) is 0.167. The highest BCUT2D eigenvalue weighted by Crippen LogP contribution is 2.42. The predicted octanol–water partition coefficient (Wildman–Crippen LogP) is 4.57. The van der Waals surface area contributed by atoms with Gasteiger partial charge in [0.1, 0.15) is 29.1 Å². The third kappa shape index (κ3) is 3.83. The number of carbonyl (C=O) groups excluding carboxylic acids is 2. The van der Waals surface area contributed by atoms with Gasteiger partial charge < -0.3 is 23.9 Å². The van der Waals surface area contributed by atoms with Crippen LogP contribution >= 0.6 is 11.6 Å². The van der Waals surface area contributed by atoms with Gasteiger partial charge in [-0.05, 0) is 48.0 Å². The predicted molar refractivity (Wildman–Crippen MR) is 118 cm³/mol.